The van der Waals surface area contributed by atoms with Crippen LogP contribution in [0.1, 0.15) is 18.4 Å². The molecule has 6 heteroatoms. The lowest BCUT2D eigenvalue weighted by molar-refractivity contribution is -0.145. The Bertz CT molecular complexity index is 394. The molecule has 0 aliphatic heterocycles. The normalized spacial score (nSPS) is 11.6. The van der Waals surface area contributed by atoms with E-state index in [0.717, 1.165) is 5.56 Å². The van der Waals surface area contributed by atoms with Gasteiger partial charge >= 0.3 is 12.1 Å². The van der Waals surface area contributed by atoms with Gasteiger partial charge in [-0.1, -0.05) is 30.3 Å². The fourth-order valence-corrected chi connectivity index (χ4v) is 1.28. The molecule has 0 saturated carbocycles. The van der Waals surface area contributed by atoms with Crippen LogP contribution in [0.4, 0.5) is 4.79 Å². The summed E-state index contributed by atoms with van der Waals surface area (Å²) < 4.78 is 9.49. The first-order valence-corrected chi connectivity index (χ1v) is 5.49. The van der Waals surface area contributed by atoms with Crippen LogP contribution in [0.2, 0.25) is 0 Å². The Labute approximate surface area is 105 Å². The summed E-state index contributed by atoms with van der Waals surface area (Å²) in [6.45, 7) is 0.214. The molecule has 0 saturated heterocycles. The molecule has 1 atom stereocenters. The van der Waals surface area contributed by atoms with Crippen LogP contribution in [0.3, 0.4) is 0 Å². The highest BCUT2D eigenvalue weighted by atomic mass is 16.6. The highest BCUT2D eigenvalue weighted by Gasteiger charge is 2.10. The molecule has 98 valence electrons. The van der Waals surface area contributed by atoms with E-state index in [0.29, 0.717) is 0 Å². The van der Waals surface area contributed by atoms with Crippen molar-refractivity contribution < 1.29 is 19.1 Å². The van der Waals surface area contributed by atoms with Gasteiger partial charge in [0.15, 0.2) is 6.23 Å². The van der Waals surface area contributed by atoms with Gasteiger partial charge in [0, 0.05) is 6.42 Å². The van der Waals surface area contributed by atoms with Crippen molar-refractivity contribution in [3.63, 3.8) is 0 Å². The van der Waals surface area contributed by atoms with Crippen molar-refractivity contribution in [3.8, 4) is 0 Å². The van der Waals surface area contributed by atoms with Crippen LogP contribution in [-0.2, 0) is 20.9 Å². The third-order valence-corrected chi connectivity index (χ3v) is 2.14. The van der Waals surface area contributed by atoms with Gasteiger partial charge in [-0.3, -0.25) is 10.5 Å². The quantitative estimate of drug-likeness (QED) is 0.578. The summed E-state index contributed by atoms with van der Waals surface area (Å²) in [6, 6.07) is 9.31. The van der Waals surface area contributed by atoms with E-state index < -0.39 is 18.3 Å². The minimum Gasteiger partial charge on any atom is -0.461 e. The first kappa shape index (κ1) is 14.0. The molecule has 0 aliphatic carbocycles. The van der Waals surface area contributed by atoms with Crippen LogP contribution >= 0.6 is 0 Å². The van der Waals surface area contributed by atoms with Crippen molar-refractivity contribution in [1.29, 1.82) is 0 Å². The van der Waals surface area contributed by atoms with E-state index in [-0.39, 0.29) is 19.4 Å². The molecule has 1 aromatic carbocycles. The van der Waals surface area contributed by atoms with Crippen LogP contribution in [0, 0.1) is 0 Å². The molecule has 4 N–H and O–H groups in total. The van der Waals surface area contributed by atoms with Crippen molar-refractivity contribution in [2.45, 2.75) is 25.7 Å². The van der Waals surface area contributed by atoms with Crippen molar-refractivity contribution in [2.75, 3.05) is 0 Å². The number of amides is 1. The van der Waals surface area contributed by atoms with E-state index in [1.54, 1.807) is 0 Å². The highest BCUT2D eigenvalue weighted by molar-refractivity contribution is 5.69. The number of hydrogen-bond acceptors (Lipinski definition) is 5. The zero-order valence-corrected chi connectivity index (χ0v) is 9.87. The molecule has 1 amide bonds. The van der Waals surface area contributed by atoms with Crippen LogP contribution < -0.4 is 11.5 Å². The molecule has 1 rings (SSSR count). The number of nitrogens with two attached hydrogens (primary N) is 2. The minimum absolute atomic E-state index is 0.0707. The number of carbonyl (C=O) groups excluding carboxylic acids is 2. The Morgan fingerprint density at radius 2 is 1.89 bits per heavy atom. The predicted molar refractivity (Wildman–Crippen MR) is 64.1 cm³/mol. The topological polar surface area (TPSA) is 105 Å². The van der Waals surface area contributed by atoms with Crippen molar-refractivity contribution in [3.05, 3.63) is 35.9 Å². The Balaban J connectivity index is 2.20. The molecule has 1 aromatic rings. The minimum atomic E-state index is -0.958. The van der Waals surface area contributed by atoms with Gasteiger partial charge in [-0.25, -0.2) is 4.79 Å². The van der Waals surface area contributed by atoms with E-state index >= 15 is 0 Å². The lowest BCUT2D eigenvalue weighted by Crippen LogP contribution is -2.30. The second kappa shape index (κ2) is 7.29. The summed E-state index contributed by atoms with van der Waals surface area (Å²) in [4.78, 5) is 21.7. The Morgan fingerprint density at radius 1 is 1.22 bits per heavy atom. The summed E-state index contributed by atoms with van der Waals surface area (Å²) in [5.74, 6) is -0.401. The Morgan fingerprint density at radius 3 is 2.50 bits per heavy atom. The zero-order valence-electron chi connectivity index (χ0n) is 9.87. The van der Waals surface area contributed by atoms with E-state index in [1.807, 2.05) is 30.3 Å². The molecular weight excluding hydrogens is 236 g/mol. The summed E-state index contributed by atoms with van der Waals surface area (Å²) >= 11 is 0. The lowest BCUT2D eigenvalue weighted by Gasteiger charge is -2.10. The van der Waals surface area contributed by atoms with E-state index in [9.17, 15) is 9.59 Å². The highest BCUT2D eigenvalue weighted by Crippen LogP contribution is 2.04. The maximum atomic E-state index is 11.4. The molecule has 0 heterocycles. The Kier molecular flexibility index (Phi) is 5.66. The van der Waals surface area contributed by atoms with Gasteiger partial charge in [0.2, 0.25) is 0 Å². The van der Waals surface area contributed by atoms with Crippen LogP contribution in [0.5, 0.6) is 0 Å². The number of carbonyl (C=O) groups is 2. The smallest absolute Gasteiger partial charge is 0.406 e. The van der Waals surface area contributed by atoms with Gasteiger partial charge in [-0.15, -0.1) is 0 Å². The number of primary amides is 1. The van der Waals surface area contributed by atoms with E-state index in [4.69, 9.17) is 16.2 Å². The van der Waals surface area contributed by atoms with Gasteiger partial charge in [0.05, 0.1) is 6.42 Å². The molecular formula is C12H16N2O4. The fraction of sp³-hybridized carbons (Fsp3) is 0.333. The summed E-state index contributed by atoms with van der Waals surface area (Å²) in [6.07, 6.45) is -1.59. The van der Waals surface area contributed by atoms with Crippen molar-refractivity contribution in [2.24, 2.45) is 11.5 Å². The number of esters is 1. The van der Waals surface area contributed by atoms with Crippen molar-refractivity contribution in [1.82, 2.24) is 0 Å². The average Bonchev–Trinajstić information content (AvgIpc) is 2.34. The molecule has 0 fully saturated rings. The van der Waals surface area contributed by atoms with Gasteiger partial charge < -0.3 is 15.2 Å². The standard InChI is InChI=1S/C12H16N2O4/c13-10(18-12(14)16)6-7-11(15)17-8-9-4-2-1-3-5-9/h1-5,10H,6-8,13H2,(H2,14,16). The SMILES string of the molecule is NC(=O)OC(N)CCC(=O)OCc1ccccc1. The predicted octanol–water partition coefficient (Wildman–Crippen LogP) is 0.890. The van der Waals surface area contributed by atoms with Gasteiger partial charge in [0.25, 0.3) is 0 Å². The molecule has 0 bridgehead atoms. The number of rotatable bonds is 6. The third-order valence-electron chi connectivity index (χ3n) is 2.14. The van der Waals surface area contributed by atoms with E-state index in [1.165, 1.54) is 0 Å². The summed E-state index contributed by atoms with van der Waals surface area (Å²) in [5, 5.41) is 0. The van der Waals surface area contributed by atoms with Crippen LogP contribution in [-0.4, -0.2) is 18.3 Å². The molecule has 6 nitrogen and oxygen atoms in total. The van der Waals surface area contributed by atoms with Crippen LogP contribution in [0.15, 0.2) is 30.3 Å². The van der Waals surface area contributed by atoms with E-state index in [2.05, 4.69) is 4.74 Å². The number of ether oxygens (including phenoxy) is 2. The third kappa shape index (κ3) is 5.86. The number of benzene rings is 1. The average molecular weight is 252 g/mol. The van der Waals surface area contributed by atoms with Gasteiger partial charge in [-0.05, 0) is 5.56 Å². The Hall–Kier alpha value is -2.08. The summed E-state index contributed by atoms with van der Waals surface area (Å²) in [7, 11) is 0. The summed E-state index contributed by atoms with van der Waals surface area (Å²) in [5.41, 5.74) is 11.1. The zero-order chi connectivity index (χ0) is 13.4. The second-order valence-electron chi connectivity index (χ2n) is 3.66. The molecule has 0 aromatic heterocycles. The van der Waals surface area contributed by atoms with Crippen LogP contribution in [0.25, 0.3) is 0 Å². The molecule has 18 heavy (non-hydrogen) atoms. The molecule has 0 radical (unpaired) electrons. The van der Waals surface area contributed by atoms with Crippen molar-refractivity contribution >= 4 is 12.1 Å². The number of hydrogen-bond donors (Lipinski definition) is 2. The lowest BCUT2D eigenvalue weighted by atomic mass is 10.2. The van der Waals surface area contributed by atoms with Gasteiger partial charge in [-0.2, -0.15) is 0 Å². The first-order chi connectivity index (χ1) is 8.58. The molecule has 0 spiro atoms. The molecule has 0 aliphatic rings. The maximum Gasteiger partial charge on any atom is 0.406 e. The van der Waals surface area contributed by atoms with Gasteiger partial charge in [0.1, 0.15) is 6.61 Å². The largest absolute Gasteiger partial charge is 0.461 e. The maximum absolute atomic E-state index is 11.4. The molecule has 1 unspecified atom stereocenters. The monoisotopic (exact) mass is 252 g/mol. The first-order valence-electron chi connectivity index (χ1n) is 5.49. The fourth-order valence-electron chi connectivity index (χ4n) is 1.28. The second-order valence-corrected chi connectivity index (χ2v) is 3.66.